The van der Waals surface area contributed by atoms with Crippen molar-refractivity contribution < 1.29 is 4.79 Å². The van der Waals surface area contributed by atoms with Crippen LogP contribution in [-0.4, -0.2) is 35.5 Å². The van der Waals surface area contributed by atoms with Crippen LogP contribution in [0.2, 0.25) is 0 Å². The summed E-state index contributed by atoms with van der Waals surface area (Å²) in [6.07, 6.45) is 10.2. The number of hydrogen-bond acceptors (Lipinski definition) is 4. The summed E-state index contributed by atoms with van der Waals surface area (Å²) in [6, 6.07) is 1.81. The first-order valence-corrected chi connectivity index (χ1v) is 8.11. The van der Waals surface area contributed by atoms with Crippen LogP contribution >= 0.6 is 0 Å². The highest BCUT2D eigenvalue weighted by Gasteiger charge is 2.26. The van der Waals surface area contributed by atoms with Gasteiger partial charge in [0.05, 0.1) is 5.92 Å². The van der Waals surface area contributed by atoms with Crippen molar-refractivity contribution >= 4 is 11.9 Å². The van der Waals surface area contributed by atoms with Gasteiger partial charge in [-0.2, -0.15) is 0 Å². The molecule has 116 valence electrons. The molecule has 5 heteroatoms. The van der Waals surface area contributed by atoms with Crippen LogP contribution in [0.25, 0.3) is 0 Å². The zero-order valence-corrected chi connectivity index (χ0v) is 12.9. The first-order chi connectivity index (χ1) is 10.3. The second-order valence-corrected chi connectivity index (χ2v) is 5.69. The number of carbonyl (C=O) groups excluding carboxylic acids is 1. The van der Waals surface area contributed by atoms with Crippen molar-refractivity contribution in [3.05, 3.63) is 18.5 Å². The highest BCUT2D eigenvalue weighted by molar-refractivity contribution is 5.79. The Labute approximate surface area is 127 Å². The van der Waals surface area contributed by atoms with Crippen LogP contribution in [0.15, 0.2) is 18.5 Å². The van der Waals surface area contributed by atoms with E-state index in [1.807, 2.05) is 6.07 Å². The van der Waals surface area contributed by atoms with Crippen LogP contribution in [0.4, 0.5) is 5.95 Å². The van der Waals surface area contributed by atoms with Crippen molar-refractivity contribution in [3.8, 4) is 0 Å². The van der Waals surface area contributed by atoms with Crippen molar-refractivity contribution in [2.45, 2.75) is 45.4 Å². The third-order valence-electron chi connectivity index (χ3n) is 3.96. The molecule has 1 saturated heterocycles. The third kappa shape index (κ3) is 4.99. The number of carbonyl (C=O) groups is 1. The molecule has 0 aliphatic carbocycles. The Morgan fingerprint density at radius 2 is 2.14 bits per heavy atom. The topological polar surface area (TPSA) is 58.1 Å². The Balaban J connectivity index is 1.76. The van der Waals surface area contributed by atoms with Crippen molar-refractivity contribution in [1.29, 1.82) is 0 Å². The highest BCUT2D eigenvalue weighted by atomic mass is 16.1. The predicted octanol–water partition coefficient (Wildman–Crippen LogP) is 2.39. The van der Waals surface area contributed by atoms with E-state index in [1.54, 1.807) is 12.4 Å². The Hall–Kier alpha value is -1.65. The van der Waals surface area contributed by atoms with Gasteiger partial charge < -0.3 is 10.2 Å². The quantitative estimate of drug-likeness (QED) is 0.783. The fraction of sp³-hybridized carbons (Fsp3) is 0.688. The monoisotopic (exact) mass is 290 g/mol. The maximum Gasteiger partial charge on any atom is 0.225 e. The number of unbranched alkanes of at least 4 members (excludes halogenated alkanes) is 3. The Kier molecular flexibility index (Phi) is 6.44. The lowest BCUT2D eigenvalue weighted by molar-refractivity contribution is -0.125. The molecule has 2 rings (SSSR count). The number of amides is 1. The van der Waals surface area contributed by atoms with E-state index in [-0.39, 0.29) is 11.8 Å². The average Bonchev–Trinajstić information content (AvgIpc) is 2.55. The van der Waals surface area contributed by atoms with Crippen LogP contribution in [0.1, 0.15) is 45.4 Å². The van der Waals surface area contributed by atoms with E-state index in [0.29, 0.717) is 0 Å². The second-order valence-electron chi connectivity index (χ2n) is 5.69. The van der Waals surface area contributed by atoms with Gasteiger partial charge in [-0.15, -0.1) is 0 Å². The van der Waals surface area contributed by atoms with Crippen molar-refractivity contribution in [2.75, 3.05) is 24.5 Å². The van der Waals surface area contributed by atoms with Gasteiger partial charge in [-0.05, 0) is 25.3 Å². The van der Waals surface area contributed by atoms with Gasteiger partial charge in [0, 0.05) is 32.0 Å². The van der Waals surface area contributed by atoms with Gasteiger partial charge >= 0.3 is 0 Å². The molecule has 1 aliphatic heterocycles. The van der Waals surface area contributed by atoms with E-state index in [9.17, 15) is 4.79 Å². The van der Waals surface area contributed by atoms with Crippen molar-refractivity contribution in [1.82, 2.24) is 15.3 Å². The minimum Gasteiger partial charge on any atom is -0.356 e. The number of hydrogen-bond donors (Lipinski definition) is 1. The molecular weight excluding hydrogens is 264 g/mol. The fourth-order valence-corrected chi connectivity index (χ4v) is 2.74. The van der Waals surface area contributed by atoms with Gasteiger partial charge in [-0.3, -0.25) is 4.79 Å². The molecule has 1 amide bonds. The lowest BCUT2D eigenvalue weighted by atomic mass is 9.97. The molecule has 0 aromatic carbocycles. The molecule has 0 radical (unpaired) electrons. The molecular formula is C16H26N4O. The Morgan fingerprint density at radius 1 is 1.33 bits per heavy atom. The highest BCUT2D eigenvalue weighted by Crippen LogP contribution is 2.20. The molecule has 5 nitrogen and oxygen atoms in total. The predicted molar refractivity (Wildman–Crippen MR) is 84.1 cm³/mol. The van der Waals surface area contributed by atoms with Crippen LogP contribution in [0, 0.1) is 5.92 Å². The zero-order chi connectivity index (χ0) is 14.9. The number of anilines is 1. The summed E-state index contributed by atoms with van der Waals surface area (Å²) in [4.78, 5) is 22.9. The number of aromatic nitrogens is 2. The molecule has 1 aromatic rings. The molecule has 21 heavy (non-hydrogen) atoms. The first-order valence-electron chi connectivity index (χ1n) is 8.11. The SMILES string of the molecule is CCCCCCNC(=O)[C@H]1CCCN(c2ncccn2)C1. The van der Waals surface area contributed by atoms with Crippen LogP contribution < -0.4 is 10.2 Å². The molecule has 0 spiro atoms. The van der Waals surface area contributed by atoms with Gasteiger partial charge in [0.15, 0.2) is 0 Å². The first kappa shape index (κ1) is 15.7. The molecule has 2 heterocycles. The maximum atomic E-state index is 12.2. The smallest absolute Gasteiger partial charge is 0.225 e. The summed E-state index contributed by atoms with van der Waals surface area (Å²) in [5.74, 6) is 0.985. The molecule has 1 N–H and O–H groups in total. The second kappa shape index (κ2) is 8.60. The van der Waals surface area contributed by atoms with E-state index in [1.165, 1.54) is 19.3 Å². The lowest BCUT2D eigenvalue weighted by Gasteiger charge is -2.31. The minimum absolute atomic E-state index is 0.0636. The van der Waals surface area contributed by atoms with E-state index in [2.05, 4.69) is 27.1 Å². The normalized spacial score (nSPS) is 18.5. The van der Waals surface area contributed by atoms with E-state index < -0.39 is 0 Å². The lowest BCUT2D eigenvalue weighted by Crippen LogP contribution is -2.43. The van der Waals surface area contributed by atoms with Gasteiger partial charge in [0.2, 0.25) is 11.9 Å². The number of rotatable bonds is 7. The van der Waals surface area contributed by atoms with Gasteiger partial charge in [-0.1, -0.05) is 26.2 Å². The van der Waals surface area contributed by atoms with Crippen molar-refractivity contribution in [2.24, 2.45) is 5.92 Å². The summed E-state index contributed by atoms with van der Waals surface area (Å²) in [6.45, 7) is 4.66. The van der Waals surface area contributed by atoms with Crippen LogP contribution in [-0.2, 0) is 4.79 Å². The summed E-state index contributed by atoms with van der Waals surface area (Å²) in [5, 5.41) is 3.08. The number of nitrogens with one attached hydrogen (secondary N) is 1. The average molecular weight is 290 g/mol. The maximum absolute atomic E-state index is 12.2. The summed E-state index contributed by atoms with van der Waals surface area (Å²) >= 11 is 0. The van der Waals surface area contributed by atoms with Gasteiger partial charge in [0.25, 0.3) is 0 Å². The van der Waals surface area contributed by atoms with Crippen LogP contribution in [0.5, 0.6) is 0 Å². The Bertz CT molecular complexity index is 424. The standard InChI is InChI=1S/C16H26N4O/c1-2-3-4-5-9-17-15(21)14-8-6-12-20(13-14)16-18-10-7-11-19-16/h7,10-11,14H,2-6,8-9,12-13H2,1H3,(H,17,21)/t14-/m0/s1. The molecule has 1 fully saturated rings. The Morgan fingerprint density at radius 3 is 2.90 bits per heavy atom. The largest absolute Gasteiger partial charge is 0.356 e. The summed E-state index contributed by atoms with van der Waals surface area (Å²) in [5.41, 5.74) is 0. The van der Waals surface area contributed by atoms with Crippen LogP contribution in [0.3, 0.4) is 0 Å². The zero-order valence-electron chi connectivity index (χ0n) is 12.9. The summed E-state index contributed by atoms with van der Waals surface area (Å²) in [7, 11) is 0. The molecule has 0 saturated carbocycles. The number of nitrogens with zero attached hydrogens (tertiary/aromatic N) is 3. The molecule has 1 aliphatic rings. The number of piperidine rings is 1. The fourth-order valence-electron chi connectivity index (χ4n) is 2.74. The molecule has 1 atom stereocenters. The van der Waals surface area contributed by atoms with Gasteiger partial charge in [-0.25, -0.2) is 9.97 Å². The molecule has 0 unspecified atom stereocenters. The summed E-state index contributed by atoms with van der Waals surface area (Å²) < 4.78 is 0. The molecule has 0 bridgehead atoms. The van der Waals surface area contributed by atoms with Crippen molar-refractivity contribution in [3.63, 3.8) is 0 Å². The molecule has 1 aromatic heterocycles. The van der Waals surface area contributed by atoms with Gasteiger partial charge in [0.1, 0.15) is 0 Å². The minimum atomic E-state index is 0.0636. The van der Waals surface area contributed by atoms with E-state index in [4.69, 9.17) is 0 Å². The third-order valence-corrected chi connectivity index (χ3v) is 3.96. The van der Waals surface area contributed by atoms with E-state index in [0.717, 1.165) is 44.8 Å². The van der Waals surface area contributed by atoms with E-state index >= 15 is 0 Å².